The van der Waals surface area contributed by atoms with E-state index in [9.17, 15) is 14.7 Å². The van der Waals surface area contributed by atoms with Gasteiger partial charge in [-0.25, -0.2) is 4.79 Å². The molecular weight excluding hydrogens is 258 g/mol. The molecule has 1 heterocycles. The topological polar surface area (TPSA) is 75.6 Å². The summed E-state index contributed by atoms with van der Waals surface area (Å²) >= 11 is 0. The minimum Gasteiger partial charge on any atom is -0.480 e. The van der Waals surface area contributed by atoms with Crippen LogP contribution in [-0.4, -0.2) is 35.2 Å². The third kappa shape index (κ3) is 3.51. The van der Waals surface area contributed by atoms with Crippen molar-refractivity contribution in [2.24, 2.45) is 5.92 Å². The Bertz CT molecular complexity index is 361. The van der Waals surface area contributed by atoms with E-state index in [0.29, 0.717) is 32.3 Å². The number of hydrogen-bond donors (Lipinski definition) is 2. The number of nitrogens with one attached hydrogen (secondary N) is 1. The number of rotatable bonds is 3. The van der Waals surface area contributed by atoms with Gasteiger partial charge in [-0.15, -0.1) is 0 Å². The molecule has 2 atom stereocenters. The van der Waals surface area contributed by atoms with E-state index in [1.165, 1.54) is 0 Å². The third-order valence-corrected chi connectivity index (χ3v) is 4.58. The lowest BCUT2D eigenvalue weighted by atomic mass is 9.88. The molecule has 0 aromatic heterocycles. The molecule has 5 nitrogen and oxygen atoms in total. The highest BCUT2D eigenvalue weighted by Crippen LogP contribution is 2.29. The first-order valence-electron chi connectivity index (χ1n) is 7.70. The molecule has 2 fully saturated rings. The van der Waals surface area contributed by atoms with Gasteiger partial charge in [-0.3, -0.25) is 4.79 Å². The van der Waals surface area contributed by atoms with Gasteiger partial charge in [0.2, 0.25) is 5.91 Å². The SMILES string of the molecule is CC1CC(C(=O)NC2(C(=O)O)CCCCCC2)CCO1. The van der Waals surface area contributed by atoms with Crippen LogP contribution in [0.2, 0.25) is 0 Å². The van der Waals surface area contributed by atoms with Gasteiger partial charge in [0.1, 0.15) is 5.54 Å². The maximum atomic E-state index is 12.4. The molecule has 0 aromatic carbocycles. The van der Waals surface area contributed by atoms with Gasteiger partial charge in [0.15, 0.2) is 0 Å². The van der Waals surface area contributed by atoms with Crippen LogP contribution in [0.15, 0.2) is 0 Å². The molecule has 1 aliphatic carbocycles. The van der Waals surface area contributed by atoms with Crippen molar-refractivity contribution in [1.29, 1.82) is 0 Å². The molecule has 2 rings (SSSR count). The largest absolute Gasteiger partial charge is 0.480 e. The third-order valence-electron chi connectivity index (χ3n) is 4.58. The van der Waals surface area contributed by atoms with E-state index in [4.69, 9.17) is 4.74 Å². The summed E-state index contributed by atoms with van der Waals surface area (Å²) in [5, 5.41) is 12.4. The fourth-order valence-electron chi connectivity index (χ4n) is 3.30. The van der Waals surface area contributed by atoms with Crippen molar-refractivity contribution >= 4 is 11.9 Å². The quantitative estimate of drug-likeness (QED) is 0.778. The Labute approximate surface area is 120 Å². The molecule has 1 saturated heterocycles. The lowest BCUT2D eigenvalue weighted by Gasteiger charge is -2.33. The van der Waals surface area contributed by atoms with Gasteiger partial charge in [0.25, 0.3) is 0 Å². The minimum atomic E-state index is -1.05. The van der Waals surface area contributed by atoms with Crippen LogP contribution in [0.25, 0.3) is 0 Å². The van der Waals surface area contributed by atoms with Crippen LogP contribution < -0.4 is 5.32 Å². The molecule has 1 saturated carbocycles. The number of carboxylic acid groups (broad SMARTS) is 1. The molecule has 0 spiro atoms. The second kappa shape index (κ2) is 6.57. The number of amides is 1. The van der Waals surface area contributed by atoms with Crippen molar-refractivity contribution in [3.05, 3.63) is 0 Å². The summed E-state index contributed by atoms with van der Waals surface area (Å²) in [7, 11) is 0. The van der Waals surface area contributed by atoms with Crippen LogP contribution in [0.3, 0.4) is 0 Å². The van der Waals surface area contributed by atoms with Crippen LogP contribution in [0.4, 0.5) is 0 Å². The Morgan fingerprint density at radius 3 is 2.40 bits per heavy atom. The van der Waals surface area contributed by atoms with E-state index in [2.05, 4.69) is 5.32 Å². The summed E-state index contributed by atoms with van der Waals surface area (Å²) in [6.45, 7) is 2.54. The van der Waals surface area contributed by atoms with Crippen molar-refractivity contribution in [3.63, 3.8) is 0 Å². The number of carbonyl (C=O) groups excluding carboxylic acids is 1. The summed E-state index contributed by atoms with van der Waals surface area (Å²) in [5.41, 5.74) is -1.05. The maximum Gasteiger partial charge on any atom is 0.329 e. The first-order valence-corrected chi connectivity index (χ1v) is 7.70. The van der Waals surface area contributed by atoms with Crippen molar-refractivity contribution in [2.45, 2.75) is 69.9 Å². The van der Waals surface area contributed by atoms with Crippen molar-refractivity contribution < 1.29 is 19.4 Å². The molecule has 0 aromatic rings. The minimum absolute atomic E-state index is 0.0782. The average molecular weight is 283 g/mol. The Kier molecular flexibility index (Phi) is 5.02. The Morgan fingerprint density at radius 2 is 1.85 bits per heavy atom. The van der Waals surface area contributed by atoms with E-state index in [-0.39, 0.29) is 17.9 Å². The zero-order valence-electron chi connectivity index (χ0n) is 12.2. The van der Waals surface area contributed by atoms with Gasteiger partial charge in [-0.1, -0.05) is 25.7 Å². The number of carboxylic acids is 1. The van der Waals surface area contributed by atoms with Gasteiger partial charge >= 0.3 is 5.97 Å². The average Bonchev–Trinajstić information content (AvgIpc) is 2.65. The van der Waals surface area contributed by atoms with Crippen molar-refractivity contribution in [3.8, 4) is 0 Å². The normalized spacial score (nSPS) is 30.2. The highest BCUT2D eigenvalue weighted by atomic mass is 16.5. The van der Waals surface area contributed by atoms with Crippen LogP contribution in [0, 0.1) is 5.92 Å². The lowest BCUT2D eigenvalue weighted by Crippen LogP contribution is -2.56. The molecule has 5 heteroatoms. The smallest absolute Gasteiger partial charge is 0.329 e. The molecule has 1 amide bonds. The molecule has 2 aliphatic rings. The monoisotopic (exact) mass is 283 g/mol. The van der Waals surface area contributed by atoms with Gasteiger partial charge < -0.3 is 15.2 Å². The summed E-state index contributed by atoms with van der Waals surface area (Å²) in [4.78, 5) is 24.1. The van der Waals surface area contributed by atoms with Gasteiger partial charge in [0, 0.05) is 12.5 Å². The van der Waals surface area contributed by atoms with Crippen LogP contribution in [-0.2, 0) is 14.3 Å². The van der Waals surface area contributed by atoms with Crippen molar-refractivity contribution in [2.75, 3.05) is 6.61 Å². The molecule has 1 aliphatic heterocycles. The fraction of sp³-hybridized carbons (Fsp3) is 0.867. The number of aliphatic carboxylic acids is 1. The van der Waals surface area contributed by atoms with Crippen LogP contribution in [0.5, 0.6) is 0 Å². The lowest BCUT2D eigenvalue weighted by molar-refractivity contribution is -0.150. The zero-order chi connectivity index (χ0) is 14.6. The molecule has 0 radical (unpaired) electrons. The first kappa shape index (κ1) is 15.3. The standard InChI is InChI=1S/C15H25NO4/c1-11-10-12(6-9-20-11)13(17)16-15(14(18)19)7-4-2-3-5-8-15/h11-12H,2-10H2,1H3,(H,16,17)(H,18,19). The summed E-state index contributed by atoms with van der Waals surface area (Å²) in [6, 6.07) is 0. The molecule has 0 bridgehead atoms. The van der Waals surface area contributed by atoms with Crippen molar-refractivity contribution in [1.82, 2.24) is 5.32 Å². The number of ether oxygens (including phenoxy) is 1. The summed E-state index contributed by atoms with van der Waals surface area (Å²) < 4.78 is 5.44. The summed E-state index contributed by atoms with van der Waals surface area (Å²) in [6.07, 6.45) is 6.40. The second-order valence-electron chi connectivity index (χ2n) is 6.19. The fourth-order valence-corrected chi connectivity index (χ4v) is 3.30. The Balaban J connectivity index is 2.03. The number of hydrogen-bond acceptors (Lipinski definition) is 3. The second-order valence-corrected chi connectivity index (χ2v) is 6.19. The highest BCUT2D eigenvalue weighted by molar-refractivity contribution is 5.88. The van der Waals surface area contributed by atoms with E-state index >= 15 is 0 Å². The highest BCUT2D eigenvalue weighted by Gasteiger charge is 2.41. The predicted molar refractivity (Wildman–Crippen MR) is 74.3 cm³/mol. The maximum absolute atomic E-state index is 12.4. The first-order chi connectivity index (χ1) is 9.53. The molecule has 2 N–H and O–H groups in total. The van der Waals surface area contributed by atoms with E-state index in [1.807, 2.05) is 6.92 Å². The van der Waals surface area contributed by atoms with Gasteiger partial charge in [-0.05, 0) is 32.6 Å². The van der Waals surface area contributed by atoms with E-state index in [0.717, 1.165) is 25.7 Å². The van der Waals surface area contributed by atoms with E-state index in [1.54, 1.807) is 0 Å². The van der Waals surface area contributed by atoms with Crippen LogP contribution in [0.1, 0.15) is 58.3 Å². The molecular formula is C15H25NO4. The Morgan fingerprint density at radius 1 is 1.20 bits per heavy atom. The Hall–Kier alpha value is -1.10. The molecule has 2 unspecified atom stereocenters. The molecule has 20 heavy (non-hydrogen) atoms. The van der Waals surface area contributed by atoms with E-state index < -0.39 is 11.5 Å². The van der Waals surface area contributed by atoms with Crippen LogP contribution >= 0.6 is 0 Å². The summed E-state index contributed by atoms with van der Waals surface area (Å²) in [5.74, 6) is -1.10. The number of carbonyl (C=O) groups is 2. The van der Waals surface area contributed by atoms with Gasteiger partial charge in [0.05, 0.1) is 6.10 Å². The molecule has 114 valence electrons. The van der Waals surface area contributed by atoms with Gasteiger partial charge in [-0.2, -0.15) is 0 Å². The zero-order valence-corrected chi connectivity index (χ0v) is 12.2. The predicted octanol–water partition coefficient (Wildman–Crippen LogP) is 2.10.